The first-order valence-electron chi connectivity index (χ1n) is 7.84. The summed E-state index contributed by atoms with van der Waals surface area (Å²) < 4.78 is 0. The van der Waals surface area contributed by atoms with Gasteiger partial charge >= 0.3 is 0 Å². The number of benzene rings is 1. The molecule has 1 aromatic carbocycles. The molecule has 1 aliphatic rings. The molecule has 4 rings (SSSR count). The van der Waals surface area contributed by atoms with Crippen LogP contribution in [0.1, 0.15) is 21.7 Å². The van der Waals surface area contributed by atoms with Crippen LogP contribution in [0.5, 0.6) is 0 Å². The Morgan fingerprint density at radius 1 is 1.21 bits per heavy atom. The molecule has 3 heterocycles. The largest absolute Gasteiger partial charge is 0.375 e. The standard InChI is InChI=1S/C17H17N5OS/c18-17-19-14(10-24-17)16(23)22-8-6-12-13(7-9-22)20-21-15(12)11-4-2-1-3-5-11/h1-5,10H,6-9H2,(H2,18,19)(H,20,21). The van der Waals surface area contributed by atoms with E-state index in [0.717, 1.165) is 29.8 Å². The van der Waals surface area contributed by atoms with Crippen LogP contribution < -0.4 is 5.73 Å². The van der Waals surface area contributed by atoms with Gasteiger partial charge in [0.05, 0.1) is 5.69 Å². The lowest BCUT2D eigenvalue weighted by atomic mass is 10.0. The number of hydrogen-bond donors (Lipinski definition) is 2. The SMILES string of the molecule is Nc1nc(C(=O)N2CCc3[nH]nc(-c4ccccc4)c3CC2)cs1. The van der Waals surface area contributed by atoms with Crippen molar-refractivity contribution in [3.05, 3.63) is 52.7 Å². The van der Waals surface area contributed by atoms with E-state index in [2.05, 4.69) is 27.3 Å². The summed E-state index contributed by atoms with van der Waals surface area (Å²) in [6, 6.07) is 10.1. The Hall–Kier alpha value is -2.67. The van der Waals surface area contributed by atoms with Crippen LogP contribution in [0.3, 0.4) is 0 Å². The van der Waals surface area contributed by atoms with Crippen molar-refractivity contribution >= 4 is 22.4 Å². The third kappa shape index (κ3) is 2.67. The normalized spacial score (nSPS) is 14.2. The Morgan fingerprint density at radius 3 is 2.75 bits per heavy atom. The van der Waals surface area contributed by atoms with Crippen LogP contribution in [-0.2, 0) is 12.8 Å². The van der Waals surface area contributed by atoms with Crippen molar-refractivity contribution in [2.24, 2.45) is 0 Å². The van der Waals surface area contributed by atoms with Gasteiger partial charge in [-0.25, -0.2) is 4.98 Å². The fourth-order valence-corrected chi connectivity index (χ4v) is 3.61. The number of anilines is 1. The van der Waals surface area contributed by atoms with E-state index in [1.54, 1.807) is 5.38 Å². The van der Waals surface area contributed by atoms with Crippen LogP contribution in [0, 0.1) is 0 Å². The topological polar surface area (TPSA) is 87.9 Å². The highest BCUT2D eigenvalue weighted by Crippen LogP contribution is 2.27. The quantitative estimate of drug-likeness (QED) is 0.750. The maximum absolute atomic E-state index is 12.6. The van der Waals surface area contributed by atoms with Gasteiger partial charge in [-0.3, -0.25) is 9.89 Å². The predicted molar refractivity (Wildman–Crippen MR) is 93.9 cm³/mol. The first-order chi connectivity index (χ1) is 11.7. The number of nitrogens with two attached hydrogens (primary N) is 1. The van der Waals surface area contributed by atoms with E-state index in [1.165, 1.54) is 16.9 Å². The molecule has 122 valence electrons. The molecule has 0 aliphatic carbocycles. The number of thiazole rings is 1. The minimum Gasteiger partial charge on any atom is -0.375 e. The van der Waals surface area contributed by atoms with Crippen molar-refractivity contribution < 1.29 is 4.79 Å². The molecule has 7 heteroatoms. The molecule has 0 fully saturated rings. The van der Waals surface area contributed by atoms with Crippen LogP contribution >= 0.6 is 11.3 Å². The zero-order valence-electron chi connectivity index (χ0n) is 13.0. The molecule has 2 aromatic heterocycles. The van der Waals surface area contributed by atoms with E-state index >= 15 is 0 Å². The number of carbonyl (C=O) groups excluding carboxylic acids is 1. The van der Waals surface area contributed by atoms with Crippen molar-refractivity contribution in [1.82, 2.24) is 20.1 Å². The number of carbonyl (C=O) groups is 1. The van der Waals surface area contributed by atoms with Crippen LogP contribution in [0.15, 0.2) is 35.7 Å². The van der Waals surface area contributed by atoms with Gasteiger partial charge in [0.25, 0.3) is 5.91 Å². The summed E-state index contributed by atoms with van der Waals surface area (Å²) in [6.07, 6.45) is 1.54. The van der Waals surface area contributed by atoms with Gasteiger partial charge in [-0.15, -0.1) is 11.3 Å². The number of rotatable bonds is 2. The van der Waals surface area contributed by atoms with Gasteiger partial charge < -0.3 is 10.6 Å². The van der Waals surface area contributed by atoms with Crippen molar-refractivity contribution in [2.45, 2.75) is 12.8 Å². The van der Waals surface area contributed by atoms with Gasteiger partial charge in [0.15, 0.2) is 5.13 Å². The fraction of sp³-hybridized carbons (Fsp3) is 0.235. The summed E-state index contributed by atoms with van der Waals surface area (Å²) in [6.45, 7) is 1.31. The van der Waals surface area contributed by atoms with Crippen LogP contribution in [0.2, 0.25) is 0 Å². The Kier molecular flexibility index (Phi) is 3.78. The molecule has 0 unspecified atom stereocenters. The van der Waals surface area contributed by atoms with E-state index < -0.39 is 0 Å². The molecule has 0 radical (unpaired) electrons. The van der Waals surface area contributed by atoms with Crippen molar-refractivity contribution in [3.8, 4) is 11.3 Å². The highest BCUT2D eigenvalue weighted by atomic mass is 32.1. The number of hydrogen-bond acceptors (Lipinski definition) is 5. The average molecular weight is 339 g/mol. The van der Waals surface area contributed by atoms with Gasteiger partial charge in [-0.2, -0.15) is 5.10 Å². The number of aromatic amines is 1. The lowest BCUT2D eigenvalue weighted by Crippen LogP contribution is -2.33. The number of amides is 1. The number of nitrogens with one attached hydrogen (secondary N) is 1. The first-order valence-corrected chi connectivity index (χ1v) is 8.72. The molecule has 6 nitrogen and oxygen atoms in total. The number of fused-ring (bicyclic) bond motifs is 1. The second-order valence-corrected chi connectivity index (χ2v) is 6.65. The average Bonchev–Trinajstić information content (AvgIpc) is 3.16. The third-order valence-corrected chi connectivity index (χ3v) is 4.97. The van der Waals surface area contributed by atoms with E-state index in [0.29, 0.717) is 23.9 Å². The molecular weight excluding hydrogens is 322 g/mol. The van der Waals surface area contributed by atoms with Gasteiger partial charge in [-0.1, -0.05) is 30.3 Å². The zero-order chi connectivity index (χ0) is 16.5. The maximum Gasteiger partial charge on any atom is 0.273 e. The second kappa shape index (κ2) is 6.09. The van der Waals surface area contributed by atoms with E-state index in [9.17, 15) is 4.79 Å². The Morgan fingerprint density at radius 2 is 2.00 bits per heavy atom. The summed E-state index contributed by atoms with van der Waals surface area (Å²) >= 11 is 1.29. The smallest absolute Gasteiger partial charge is 0.273 e. The summed E-state index contributed by atoms with van der Waals surface area (Å²) in [7, 11) is 0. The van der Waals surface area contributed by atoms with Crippen LogP contribution in [0.4, 0.5) is 5.13 Å². The van der Waals surface area contributed by atoms with Gasteiger partial charge in [0.2, 0.25) is 0 Å². The minimum atomic E-state index is -0.0534. The van der Waals surface area contributed by atoms with Crippen molar-refractivity contribution in [3.63, 3.8) is 0 Å². The van der Waals surface area contributed by atoms with Crippen LogP contribution in [0.25, 0.3) is 11.3 Å². The Bertz CT molecular complexity index is 870. The summed E-state index contributed by atoms with van der Waals surface area (Å²) in [5.41, 5.74) is 10.5. The summed E-state index contributed by atoms with van der Waals surface area (Å²) in [5.74, 6) is -0.0534. The number of nitrogens with zero attached hydrogens (tertiary/aromatic N) is 3. The maximum atomic E-state index is 12.6. The Labute approximate surface area is 143 Å². The molecule has 0 saturated heterocycles. The minimum absolute atomic E-state index is 0.0534. The molecule has 3 aromatic rings. The van der Waals surface area contributed by atoms with E-state index in [-0.39, 0.29) is 5.91 Å². The van der Waals surface area contributed by atoms with Crippen molar-refractivity contribution in [1.29, 1.82) is 0 Å². The van der Waals surface area contributed by atoms with E-state index in [1.807, 2.05) is 23.1 Å². The number of aromatic nitrogens is 3. The van der Waals surface area contributed by atoms with Crippen molar-refractivity contribution in [2.75, 3.05) is 18.8 Å². The molecule has 0 saturated carbocycles. The molecule has 24 heavy (non-hydrogen) atoms. The third-order valence-electron chi connectivity index (χ3n) is 4.29. The monoisotopic (exact) mass is 339 g/mol. The number of H-pyrrole nitrogens is 1. The highest BCUT2D eigenvalue weighted by molar-refractivity contribution is 7.13. The molecule has 1 amide bonds. The Balaban J connectivity index is 1.57. The number of nitrogen functional groups attached to an aromatic ring is 1. The molecule has 1 aliphatic heterocycles. The first kappa shape index (κ1) is 14.9. The highest BCUT2D eigenvalue weighted by Gasteiger charge is 2.24. The zero-order valence-corrected chi connectivity index (χ0v) is 13.8. The summed E-state index contributed by atoms with van der Waals surface area (Å²) in [4.78, 5) is 18.5. The van der Waals surface area contributed by atoms with Gasteiger partial charge in [-0.05, 0) is 6.42 Å². The molecule has 0 bridgehead atoms. The fourth-order valence-electron chi connectivity index (χ4n) is 3.07. The molecule has 0 spiro atoms. The van der Waals surface area contributed by atoms with E-state index in [4.69, 9.17) is 5.73 Å². The summed E-state index contributed by atoms with van der Waals surface area (Å²) in [5, 5.41) is 9.78. The lowest BCUT2D eigenvalue weighted by molar-refractivity contribution is 0.0758. The lowest BCUT2D eigenvalue weighted by Gasteiger charge is -2.19. The van der Waals surface area contributed by atoms with Crippen LogP contribution in [-0.4, -0.2) is 39.1 Å². The van der Waals surface area contributed by atoms with Gasteiger partial charge in [0, 0.05) is 41.7 Å². The van der Waals surface area contributed by atoms with Gasteiger partial charge in [0.1, 0.15) is 5.69 Å². The second-order valence-electron chi connectivity index (χ2n) is 5.76. The molecule has 3 N–H and O–H groups in total. The predicted octanol–water partition coefficient (Wildman–Crippen LogP) is 2.36. The molecular formula is C17H17N5OS. The molecule has 0 atom stereocenters.